The summed E-state index contributed by atoms with van der Waals surface area (Å²) >= 11 is 0. The lowest BCUT2D eigenvalue weighted by atomic mass is 10.1. The standard InChI is InChI=1S/C17H19F3N2O3/c1-3-11(2)22(9-15-21-14(10-25-15)16(23)24)8-12-5-4-6-13(7-12)17(18,19)20/h4-7,10-11H,3,8-9H2,1-2H3,(H,23,24). The zero-order valence-electron chi connectivity index (χ0n) is 13.9. The molecule has 0 saturated carbocycles. The van der Waals surface area contributed by atoms with Gasteiger partial charge in [0.05, 0.1) is 12.1 Å². The Morgan fingerprint density at radius 3 is 2.64 bits per heavy atom. The predicted molar refractivity (Wildman–Crippen MR) is 83.9 cm³/mol. The van der Waals surface area contributed by atoms with Crippen molar-refractivity contribution in [3.63, 3.8) is 0 Å². The number of halogens is 3. The number of benzene rings is 1. The van der Waals surface area contributed by atoms with Crippen LogP contribution in [0.5, 0.6) is 0 Å². The quantitative estimate of drug-likeness (QED) is 0.806. The van der Waals surface area contributed by atoms with Gasteiger partial charge in [0.1, 0.15) is 6.26 Å². The molecule has 0 aliphatic carbocycles. The van der Waals surface area contributed by atoms with Gasteiger partial charge in [0.25, 0.3) is 0 Å². The Labute approximate surface area is 143 Å². The summed E-state index contributed by atoms with van der Waals surface area (Å²) < 4.78 is 43.7. The minimum Gasteiger partial charge on any atom is -0.476 e. The van der Waals surface area contributed by atoms with Crippen LogP contribution in [-0.4, -0.2) is 27.0 Å². The molecule has 1 N–H and O–H groups in total. The molecule has 0 aliphatic heterocycles. The second kappa shape index (κ2) is 7.69. The average Bonchev–Trinajstić information content (AvgIpc) is 3.02. The maximum Gasteiger partial charge on any atom is 0.416 e. The van der Waals surface area contributed by atoms with Gasteiger partial charge in [-0.15, -0.1) is 0 Å². The van der Waals surface area contributed by atoms with Gasteiger partial charge < -0.3 is 9.52 Å². The van der Waals surface area contributed by atoms with Crippen LogP contribution in [0, 0.1) is 0 Å². The van der Waals surface area contributed by atoms with Crippen LogP contribution in [0.4, 0.5) is 13.2 Å². The SMILES string of the molecule is CCC(C)N(Cc1cccc(C(F)(F)F)c1)Cc1nc(C(=O)O)co1. The lowest BCUT2D eigenvalue weighted by Crippen LogP contribution is -2.32. The highest BCUT2D eigenvalue weighted by Gasteiger charge is 2.30. The van der Waals surface area contributed by atoms with Crippen molar-refractivity contribution in [3.05, 3.63) is 53.2 Å². The fraction of sp³-hybridized carbons (Fsp3) is 0.412. The third-order valence-corrected chi connectivity index (χ3v) is 3.96. The van der Waals surface area contributed by atoms with Gasteiger partial charge in [-0.2, -0.15) is 13.2 Å². The summed E-state index contributed by atoms with van der Waals surface area (Å²) in [6.45, 7) is 4.37. The molecule has 1 atom stereocenters. The second-order valence-electron chi connectivity index (χ2n) is 5.79. The molecule has 0 spiro atoms. The summed E-state index contributed by atoms with van der Waals surface area (Å²) in [4.78, 5) is 16.6. The van der Waals surface area contributed by atoms with Crippen molar-refractivity contribution < 1.29 is 27.5 Å². The Morgan fingerprint density at radius 2 is 2.08 bits per heavy atom. The molecule has 0 saturated heterocycles. The number of hydrogen-bond acceptors (Lipinski definition) is 4. The maximum absolute atomic E-state index is 12.9. The van der Waals surface area contributed by atoms with Crippen molar-refractivity contribution >= 4 is 5.97 Å². The van der Waals surface area contributed by atoms with Crippen molar-refractivity contribution in [2.75, 3.05) is 0 Å². The Balaban J connectivity index is 2.19. The van der Waals surface area contributed by atoms with E-state index in [4.69, 9.17) is 9.52 Å². The first-order valence-corrected chi connectivity index (χ1v) is 7.78. The van der Waals surface area contributed by atoms with Gasteiger partial charge in [0, 0.05) is 12.6 Å². The van der Waals surface area contributed by atoms with E-state index < -0.39 is 17.7 Å². The van der Waals surface area contributed by atoms with E-state index in [1.165, 1.54) is 6.07 Å². The van der Waals surface area contributed by atoms with Crippen LogP contribution in [0.25, 0.3) is 0 Å². The molecule has 0 amide bonds. The number of carboxylic acid groups (broad SMARTS) is 1. The fourth-order valence-electron chi connectivity index (χ4n) is 2.36. The first kappa shape index (κ1) is 19.0. The third kappa shape index (κ3) is 5.06. The lowest BCUT2D eigenvalue weighted by Gasteiger charge is -2.27. The van der Waals surface area contributed by atoms with Gasteiger partial charge in [-0.3, -0.25) is 4.90 Å². The zero-order chi connectivity index (χ0) is 18.6. The van der Waals surface area contributed by atoms with E-state index >= 15 is 0 Å². The minimum absolute atomic E-state index is 0.0507. The van der Waals surface area contributed by atoms with E-state index in [0.29, 0.717) is 5.56 Å². The van der Waals surface area contributed by atoms with Crippen LogP contribution >= 0.6 is 0 Å². The van der Waals surface area contributed by atoms with Crippen molar-refractivity contribution in [1.29, 1.82) is 0 Å². The molecular weight excluding hydrogens is 337 g/mol. The largest absolute Gasteiger partial charge is 0.476 e. The molecule has 0 fully saturated rings. The molecule has 2 rings (SSSR count). The molecule has 1 aromatic carbocycles. The highest BCUT2D eigenvalue weighted by Crippen LogP contribution is 2.30. The molecule has 25 heavy (non-hydrogen) atoms. The number of carbonyl (C=O) groups is 1. The number of aromatic carboxylic acids is 1. The normalized spacial score (nSPS) is 13.2. The first-order chi connectivity index (χ1) is 11.7. The van der Waals surface area contributed by atoms with Crippen LogP contribution < -0.4 is 0 Å². The van der Waals surface area contributed by atoms with Crippen molar-refractivity contribution in [1.82, 2.24) is 9.88 Å². The summed E-state index contributed by atoms with van der Waals surface area (Å²) in [5.74, 6) is -0.979. The van der Waals surface area contributed by atoms with Crippen LogP contribution in [0.15, 0.2) is 34.9 Å². The molecule has 0 bridgehead atoms. The third-order valence-electron chi connectivity index (χ3n) is 3.96. The molecule has 5 nitrogen and oxygen atoms in total. The molecule has 1 unspecified atom stereocenters. The maximum atomic E-state index is 12.9. The minimum atomic E-state index is -4.39. The average molecular weight is 356 g/mol. The lowest BCUT2D eigenvalue weighted by molar-refractivity contribution is -0.137. The Hall–Kier alpha value is -2.35. The molecule has 0 radical (unpaired) electrons. The highest BCUT2D eigenvalue weighted by molar-refractivity contribution is 5.84. The van der Waals surface area contributed by atoms with Gasteiger partial charge in [-0.1, -0.05) is 25.1 Å². The van der Waals surface area contributed by atoms with Crippen LogP contribution in [0.1, 0.15) is 47.8 Å². The summed E-state index contributed by atoms with van der Waals surface area (Å²) in [6, 6.07) is 5.20. The van der Waals surface area contributed by atoms with Crippen molar-refractivity contribution in [2.24, 2.45) is 0 Å². The fourth-order valence-corrected chi connectivity index (χ4v) is 2.36. The van der Waals surface area contributed by atoms with Gasteiger partial charge in [0.15, 0.2) is 5.69 Å². The van der Waals surface area contributed by atoms with Gasteiger partial charge >= 0.3 is 12.1 Å². The summed E-state index contributed by atoms with van der Waals surface area (Å²) in [5, 5.41) is 8.89. The van der Waals surface area contributed by atoms with Crippen LogP contribution in [0.2, 0.25) is 0 Å². The van der Waals surface area contributed by atoms with E-state index in [1.807, 2.05) is 18.7 Å². The zero-order valence-corrected chi connectivity index (χ0v) is 13.9. The summed E-state index contributed by atoms with van der Waals surface area (Å²) in [6.07, 6.45) is -2.57. The smallest absolute Gasteiger partial charge is 0.416 e. The van der Waals surface area contributed by atoms with E-state index in [1.54, 1.807) is 6.07 Å². The van der Waals surface area contributed by atoms with E-state index in [9.17, 15) is 18.0 Å². The number of carboxylic acids is 1. The van der Waals surface area contributed by atoms with E-state index in [0.717, 1.165) is 24.8 Å². The molecule has 0 aliphatic rings. The molecule has 2 aromatic rings. The predicted octanol–water partition coefficient (Wildman–Crippen LogP) is 4.19. The highest BCUT2D eigenvalue weighted by atomic mass is 19.4. The molecule has 8 heteroatoms. The molecule has 1 aromatic heterocycles. The molecular formula is C17H19F3N2O3. The van der Waals surface area contributed by atoms with E-state index in [-0.39, 0.29) is 30.7 Å². The Kier molecular flexibility index (Phi) is 5.84. The number of nitrogens with zero attached hydrogens (tertiary/aromatic N) is 2. The topological polar surface area (TPSA) is 66.6 Å². The van der Waals surface area contributed by atoms with Crippen molar-refractivity contribution in [3.8, 4) is 0 Å². The Bertz CT molecular complexity index is 728. The number of oxazole rings is 1. The van der Waals surface area contributed by atoms with Crippen LogP contribution in [-0.2, 0) is 19.3 Å². The second-order valence-corrected chi connectivity index (χ2v) is 5.79. The van der Waals surface area contributed by atoms with Gasteiger partial charge in [-0.25, -0.2) is 9.78 Å². The first-order valence-electron chi connectivity index (χ1n) is 7.78. The van der Waals surface area contributed by atoms with Gasteiger partial charge in [0.2, 0.25) is 5.89 Å². The number of hydrogen-bond donors (Lipinski definition) is 1. The van der Waals surface area contributed by atoms with E-state index in [2.05, 4.69) is 4.98 Å². The Morgan fingerprint density at radius 1 is 1.36 bits per heavy atom. The molecule has 1 heterocycles. The summed E-state index contributed by atoms with van der Waals surface area (Å²) in [5.41, 5.74) is -0.378. The number of aromatic nitrogens is 1. The van der Waals surface area contributed by atoms with Gasteiger partial charge in [-0.05, 0) is 25.0 Å². The number of alkyl halides is 3. The summed E-state index contributed by atoms with van der Waals surface area (Å²) in [7, 11) is 0. The van der Waals surface area contributed by atoms with Crippen LogP contribution in [0.3, 0.4) is 0 Å². The molecule has 136 valence electrons. The monoisotopic (exact) mass is 356 g/mol. The van der Waals surface area contributed by atoms with Crippen molar-refractivity contribution in [2.45, 2.75) is 45.6 Å². The number of rotatable bonds is 7.